The molecule has 1 N–H and O–H groups in total. The number of halogens is 3. The number of unbranched alkanes of at least 4 members (excludes halogenated alkanes) is 2. The fourth-order valence-corrected chi connectivity index (χ4v) is 2.21. The maximum Gasteiger partial charge on any atom is 0.417 e. The maximum absolute atomic E-state index is 12.3. The third kappa shape index (κ3) is 6.47. The van der Waals surface area contributed by atoms with Gasteiger partial charge in [-0.15, -0.1) is 11.8 Å². The number of pyridine rings is 1. The van der Waals surface area contributed by atoms with E-state index in [1.165, 1.54) is 17.8 Å². The Kier molecular flexibility index (Phi) is 6.14. The van der Waals surface area contributed by atoms with E-state index < -0.39 is 17.7 Å². The first-order chi connectivity index (χ1) is 8.89. The highest BCUT2D eigenvalue weighted by atomic mass is 32.2. The molecule has 0 atom stereocenters. The summed E-state index contributed by atoms with van der Waals surface area (Å²) in [5.41, 5.74) is -0.752. The summed E-state index contributed by atoms with van der Waals surface area (Å²) in [7, 11) is 0. The monoisotopic (exact) mass is 293 g/mol. The van der Waals surface area contributed by atoms with E-state index >= 15 is 0 Å². The Hall–Kier alpha value is -1.24. The van der Waals surface area contributed by atoms with Crippen LogP contribution < -0.4 is 0 Å². The van der Waals surface area contributed by atoms with Gasteiger partial charge in [0.2, 0.25) is 0 Å². The molecule has 0 fully saturated rings. The SMILES string of the molecule is O=C(O)CCCCCSc1ccc(C(F)(F)F)cn1. The molecule has 0 spiro atoms. The van der Waals surface area contributed by atoms with Crippen LogP contribution in [0, 0.1) is 0 Å². The van der Waals surface area contributed by atoms with Crippen molar-refractivity contribution in [1.82, 2.24) is 4.98 Å². The van der Waals surface area contributed by atoms with Crippen molar-refractivity contribution in [2.75, 3.05) is 5.75 Å². The number of thioether (sulfide) groups is 1. The van der Waals surface area contributed by atoms with Crippen molar-refractivity contribution in [3.8, 4) is 0 Å². The third-order valence-electron chi connectivity index (χ3n) is 2.35. The van der Waals surface area contributed by atoms with Gasteiger partial charge >= 0.3 is 12.1 Å². The molecule has 0 unspecified atom stereocenters. The molecule has 1 rings (SSSR count). The van der Waals surface area contributed by atoms with Gasteiger partial charge in [0.15, 0.2) is 0 Å². The second-order valence-electron chi connectivity index (χ2n) is 3.94. The molecule has 1 aromatic rings. The minimum Gasteiger partial charge on any atom is -0.481 e. The smallest absolute Gasteiger partial charge is 0.417 e. The average Bonchev–Trinajstić information content (AvgIpc) is 2.32. The zero-order chi connectivity index (χ0) is 14.3. The fourth-order valence-electron chi connectivity index (χ4n) is 1.37. The highest BCUT2D eigenvalue weighted by Crippen LogP contribution is 2.29. The summed E-state index contributed by atoms with van der Waals surface area (Å²) < 4.78 is 36.8. The maximum atomic E-state index is 12.3. The van der Waals surface area contributed by atoms with Crippen molar-refractivity contribution in [2.45, 2.75) is 36.9 Å². The number of hydrogen-bond acceptors (Lipinski definition) is 3. The lowest BCUT2D eigenvalue weighted by molar-refractivity contribution is -0.138. The second-order valence-corrected chi connectivity index (χ2v) is 5.05. The summed E-state index contributed by atoms with van der Waals surface area (Å²) in [6.07, 6.45) is -1.14. The molecule has 0 saturated carbocycles. The van der Waals surface area contributed by atoms with Gasteiger partial charge in [-0.1, -0.05) is 6.42 Å². The van der Waals surface area contributed by atoms with Crippen LogP contribution in [0.5, 0.6) is 0 Å². The van der Waals surface area contributed by atoms with E-state index in [4.69, 9.17) is 5.11 Å². The van der Waals surface area contributed by atoms with Crippen molar-refractivity contribution in [1.29, 1.82) is 0 Å². The summed E-state index contributed by atoms with van der Waals surface area (Å²) in [5.74, 6) is -0.0881. The molecule has 3 nitrogen and oxygen atoms in total. The Morgan fingerprint density at radius 2 is 2.00 bits per heavy atom. The lowest BCUT2D eigenvalue weighted by Crippen LogP contribution is -2.05. The first kappa shape index (κ1) is 15.8. The average molecular weight is 293 g/mol. The second kappa shape index (κ2) is 7.37. The van der Waals surface area contributed by atoms with Gasteiger partial charge in [0.05, 0.1) is 10.6 Å². The molecule has 0 aromatic carbocycles. The normalized spacial score (nSPS) is 11.5. The topological polar surface area (TPSA) is 50.2 Å². The molecule has 7 heteroatoms. The minimum absolute atomic E-state index is 0.156. The quantitative estimate of drug-likeness (QED) is 0.613. The van der Waals surface area contributed by atoms with Crippen LogP contribution in [0.15, 0.2) is 23.4 Å². The Morgan fingerprint density at radius 1 is 1.26 bits per heavy atom. The number of aromatic nitrogens is 1. The van der Waals surface area contributed by atoms with Crippen molar-refractivity contribution >= 4 is 17.7 Å². The van der Waals surface area contributed by atoms with E-state index in [0.717, 1.165) is 30.9 Å². The Balaban J connectivity index is 2.25. The number of carboxylic acids is 1. The van der Waals surface area contributed by atoms with Gasteiger partial charge in [-0.3, -0.25) is 4.79 Å². The van der Waals surface area contributed by atoms with Crippen LogP contribution >= 0.6 is 11.8 Å². The van der Waals surface area contributed by atoms with E-state index in [0.29, 0.717) is 11.4 Å². The van der Waals surface area contributed by atoms with Crippen LogP contribution in [-0.4, -0.2) is 21.8 Å². The van der Waals surface area contributed by atoms with E-state index in [9.17, 15) is 18.0 Å². The van der Waals surface area contributed by atoms with Gasteiger partial charge in [-0.2, -0.15) is 13.2 Å². The van der Waals surface area contributed by atoms with Crippen LogP contribution in [0.2, 0.25) is 0 Å². The Morgan fingerprint density at radius 3 is 2.53 bits per heavy atom. The molecule has 0 amide bonds. The molecule has 0 bridgehead atoms. The standard InChI is InChI=1S/C12H14F3NO2S/c13-12(14,15)9-5-6-10(16-8-9)19-7-3-1-2-4-11(17)18/h5-6,8H,1-4,7H2,(H,17,18). The van der Waals surface area contributed by atoms with Crippen molar-refractivity contribution in [3.63, 3.8) is 0 Å². The first-order valence-electron chi connectivity index (χ1n) is 5.77. The molecule has 19 heavy (non-hydrogen) atoms. The highest BCUT2D eigenvalue weighted by molar-refractivity contribution is 7.99. The summed E-state index contributed by atoms with van der Waals surface area (Å²) in [6, 6.07) is 2.37. The molecule has 0 aliphatic heterocycles. The van der Waals surface area contributed by atoms with Crippen molar-refractivity contribution in [2.24, 2.45) is 0 Å². The number of hydrogen-bond donors (Lipinski definition) is 1. The largest absolute Gasteiger partial charge is 0.481 e. The fraction of sp³-hybridized carbons (Fsp3) is 0.500. The van der Waals surface area contributed by atoms with Gasteiger partial charge in [0, 0.05) is 12.6 Å². The number of nitrogens with zero attached hydrogens (tertiary/aromatic N) is 1. The van der Waals surface area contributed by atoms with E-state index in [2.05, 4.69) is 4.98 Å². The first-order valence-corrected chi connectivity index (χ1v) is 6.76. The van der Waals surface area contributed by atoms with Crippen molar-refractivity contribution < 1.29 is 23.1 Å². The zero-order valence-electron chi connectivity index (χ0n) is 10.1. The summed E-state index contributed by atoms with van der Waals surface area (Å²) in [6.45, 7) is 0. The Bertz CT molecular complexity index is 406. The zero-order valence-corrected chi connectivity index (χ0v) is 10.9. The van der Waals surface area contributed by atoms with Gasteiger partial charge in [0.25, 0.3) is 0 Å². The van der Waals surface area contributed by atoms with Crippen LogP contribution in [0.1, 0.15) is 31.2 Å². The van der Waals surface area contributed by atoms with Crippen LogP contribution in [-0.2, 0) is 11.0 Å². The van der Waals surface area contributed by atoms with Gasteiger partial charge in [-0.05, 0) is 30.7 Å². The lowest BCUT2D eigenvalue weighted by Gasteiger charge is -2.06. The van der Waals surface area contributed by atoms with Crippen LogP contribution in [0.3, 0.4) is 0 Å². The number of aliphatic carboxylic acids is 1. The van der Waals surface area contributed by atoms with E-state index in [1.807, 2.05) is 0 Å². The molecule has 0 saturated heterocycles. The number of alkyl halides is 3. The van der Waals surface area contributed by atoms with Gasteiger partial charge in [0.1, 0.15) is 0 Å². The molecule has 0 aliphatic rings. The highest BCUT2D eigenvalue weighted by Gasteiger charge is 2.30. The van der Waals surface area contributed by atoms with Crippen LogP contribution in [0.4, 0.5) is 13.2 Å². The molecule has 0 aliphatic carbocycles. The van der Waals surface area contributed by atoms with Gasteiger partial charge < -0.3 is 5.11 Å². The predicted octanol–water partition coefficient (Wildman–Crippen LogP) is 3.84. The summed E-state index contributed by atoms with van der Waals surface area (Å²) in [5, 5.41) is 8.98. The third-order valence-corrected chi connectivity index (χ3v) is 3.38. The number of rotatable bonds is 7. The van der Waals surface area contributed by atoms with Crippen molar-refractivity contribution in [3.05, 3.63) is 23.9 Å². The number of carboxylic acid groups (broad SMARTS) is 1. The molecule has 106 valence electrons. The van der Waals surface area contributed by atoms with Gasteiger partial charge in [-0.25, -0.2) is 4.98 Å². The molecular formula is C12H14F3NO2S. The minimum atomic E-state index is -4.35. The predicted molar refractivity (Wildman–Crippen MR) is 66.1 cm³/mol. The Labute approximate surface area is 113 Å². The molecule has 1 heterocycles. The lowest BCUT2D eigenvalue weighted by atomic mass is 10.2. The van der Waals surface area contributed by atoms with E-state index in [1.54, 1.807) is 0 Å². The number of carbonyl (C=O) groups is 1. The molecular weight excluding hydrogens is 279 g/mol. The van der Waals surface area contributed by atoms with Crippen LogP contribution in [0.25, 0.3) is 0 Å². The van der Waals surface area contributed by atoms with E-state index in [-0.39, 0.29) is 6.42 Å². The molecule has 0 radical (unpaired) electrons. The molecule has 1 aromatic heterocycles. The summed E-state index contributed by atoms with van der Waals surface area (Å²) >= 11 is 1.37. The summed E-state index contributed by atoms with van der Waals surface area (Å²) in [4.78, 5) is 14.0.